The number of carbonyl (C=O) groups excluding carboxylic acids is 1. The van der Waals surface area contributed by atoms with E-state index in [1.54, 1.807) is 6.07 Å². The lowest BCUT2D eigenvalue weighted by molar-refractivity contribution is -0.212. The van der Waals surface area contributed by atoms with Gasteiger partial charge in [-0.2, -0.15) is 18.1 Å². The van der Waals surface area contributed by atoms with Crippen LogP contribution in [0.2, 0.25) is 0 Å². The van der Waals surface area contributed by atoms with Crippen LogP contribution in [0, 0.1) is 5.82 Å². The Bertz CT molecular complexity index is 1430. The second-order valence-electron chi connectivity index (χ2n) is 7.39. The molecule has 0 aliphatic carbocycles. The highest BCUT2D eigenvalue weighted by Gasteiger charge is 2.30. The summed E-state index contributed by atoms with van der Waals surface area (Å²) in [6.45, 7) is -0.950. The first kappa shape index (κ1) is 23.1. The lowest BCUT2D eigenvalue weighted by atomic mass is 10.1. The minimum atomic E-state index is -4.55. The number of nitrogens with two attached hydrogens (primary N) is 1. The molecule has 0 aliphatic rings. The number of primary amides is 1. The molecule has 0 saturated carbocycles. The maximum Gasteiger partial charge on any atom is 0.416 e. The lowest BCUT2D eigenvalue weighted by Crippen LogP contribution is -2.11. The molecule has 7 nitrogen and oxygen atoms in total. The number of halogens is 4. The number of carboxylic acid groups (broad SMARTS) is 1. The van der Waals surface area contributed by atoms with Gasteiger partial charge < -0.3 is 20.3 Å². The summed E-state index contributed by atoms with van der Waals surface area (Å²) in [6.07, 6.45) is -4.55. The van der Waals surface area contributed by atoms with E-state index in [1.165, 1.54) is 28.8 Å². The SMILES string of the molecule is NC(=O)c1cccc2c1c1c(OOCC(=O)O)cc(F)cc1n2Cc1cccc(C(F)(F)F)c1. The zero-order chi connectivity index (χ0) is 24.6. The van der Waals surface area contributed by atoms with E-state index in [4.69, 9.17) is 15.7 Å². The first-order valence-electron chi connectivity index (χ1n) is 9.78. The van der Waals surface area contributed by atoms with Crippen molar-refractivity contribution in [2.45, 2.75) is 12.7 Å². The molecule has 0 bridgehead atoms. The van der Waals surface area contributed by atoms with Crippen LogP contribution in [0.5, 0.6) is 5.75 Å². The number of carboxylic acids is 1. The predicted octanol–water partition coefficient (Wildman–Crippen LogP) is 4.49. The van der Waals surface area contributed by atoms with Crippen molar-refractivity contribution < 1.29 is 42.0 Å². The smallest absolute Gasteiger partial charge is 0.416 e. The van der Waals surface area contributed by atoms with E-state index in [2.05, 4.69) is 4.89 Å². The van der Waals surface area contributed by atoms with E-state index in [0.29, 0.717) is 5.52 Å². The second-order valence-corrected chi connectivity index (χ2v) is 7.39. The summed E-state index contributed by atoms with van der Waals surface area (Å²) in [6, 6.07) is 11.3. The first-order chi connectivity index (χ1) is 16.1. The molecule has 0 radical (unpaired) electrons. The van der Waals surface area contributed by atoms with Crippen molar-refractivity contribution in [3.63, 3.8) is 0 Å². The summed E-state index contributed by atoms with van der Waals surface area (Å²) >= 11 is 0. The van der Waals surface area contributed by atoms with Crippen LogP contribution < -0.4 is 10.6 Å². The fraction of sp³-hybridized carbons (Fsp3) is 0.130. The molecule has 0 saturated heterocycles. The maximum atomic E-state index is 14.5. The molecule has 4 rings (SSSR count). The number of hydrogen-bond acceptors (Lipinski definition) is 4. The Kier molecular flexibility index (Phi) is 5.88. The van der Waals surface area contributed by atoms with Crippen molar-refractivity contribution in [1.29, 1.82) is 0 Å². The summed E-state index contributed by atoms with van der Waals surface area (Å²) in [4.78, 5) is 32.6. The summed E-state index contributed by atoms with van der Waals surface area (Å²) in [5.74, 6) is -3.14. The third-order valence-electron chi connectivity index (χ3n) is 5.11. The average molecular weight is 476 g/mol. The van der Waals surface area contributed by atoms with Gasteiger partial charge in [-0.05, 0) is 35.9 Å². The van der Waals surface area contributed by atoms with Crippen molar-refractivity contribution >= 4 is 33.7 Å². The number of rotatable bonds is 7. The summed E-state index contributed by atoms with van der Waals surface area (Å²) in [7, 11) is 0. The first-order valence-corrected chi connectivity index (χ1v) is 9.78. The van der Waals surface area contributed by atoms with Crippen LogP contribution in [0.1, 0.15) is 21.5 Å². The predicted molar refractivity (Wildman–Crippen MR) is 113 cm³/mol. The highest BCUT2D eigenvalue weighted by atomic mass is 19.4. The molecule has 0 atom stereocenters. The van der Waals surface area contributed by atoms with E-state index in [-0.39, 0.29) is 39.7 Å². The van der Waals surface area contributed by atoms with Gasteiger partial charge in [0.05, 0.1) is 22.0 Å². The van der Waals surface area contributed by atoms with E-state index in [0.717, 1.165) is 24.3 Å². The van der Waals surface area contributed by atoms with E-state index in [9.17, 15) is 27.2 Å². The second kappa shape index (κ2) is 8.67. The summed E-state index contributed by atoms with van der Waals surface area (Å²) in [5, 5.41) is 9.21. The monoisotopic (exact) mass is 476 g/mol. The maximum absolute atomic E-state index is 14.5. The van der Waals surface area contributed by atoms with Crippen LogP contribution in [0.3, 0.4) is 0 Å². The molecule has 4 aromatic rings. The number of aromatic nitrogens is 1. The van der Waals surface area contributed by atoms with Gasteiger partial charge in [-0.3, -0.25) is 4.79 Å². The third-order valence-corrected chi connectivity index (χ3v) is 5.11. The summed E-state index contributed by atoms with van der Waals surface area (Å²) < 4.78 is 55.6. The average Bonchev–Trinajstić information content (AvgIpc) is 3.06. The Balaban J connectivity index is 1.96. The van der Waals surface area contributed by atoms with Crippen LogP contribution in [0.25, 0.3) is 21.8 Å². The van der Waals surface area contributed by atoms with Gasteiger partial charge in [0.2, 0.25) is 5.91 Å². The van der Waals surface area contributed by atoms with Gasteiger partial charge in [0.25, 0.3) is 0 Å². The molecule has 0 fully saturated rings. The molecular weight excluding hydrogens is 460 g/mol. The molecule has 3 N–H and O–H groups in total. The number of nitrogens with zero attached hydrogens (tertiary/aromatic N) is 1. The minimum Gasteiger partial charge on any atom is -0.479 e. The molecule has 0 unspecified atom stereocenters. The van der Waals surface area contributed by atoms with Gasteiger partial charge >= 0.3 is 12.1 Å². The minimum absolute atomic E-state index is 0.0555. The summed E-state index contributed by atoms with van der Waals surface area (Å²) in [5.41, 5.74) is 5.55. The Morgan fingerprint density at radius 3 is 2.41 bits per heavy atom. The highest BCUT2D eigenvalue weighted by Crippen LogP contribution is 2.39. The molecule has 0 spiro atoms. The largest absolute Gasteiger partial charge is 0.479 e. The van der Waals surface area contributed by atoms with Crippen LogP contribution in [0.4, 0.5) is 17.6 Å². The topological polar surface area (TPSA) is 104 Å². The number of amides is 1. The van der Waals surface area contributed by atoms with Crippen molar-refractivity contribution in [2.75, 3.05) is 6.61 Å². The van der Waals surface area contributed by atoms with Crippen LogP contribution in [-0.2, 0) is 22.4 Å². The van der Waals surface area contributed by atoms with Crippen LogP contribution in [-0.4, -0.2) is 28.2 Å². The number of aliphatic carboxylic acids is 1. The standard InChI is InChI=1S/C23H16F4N2O5/c24-14-8-17-21(18(9-14)34-33-11-19(30)31)20-15(22(28)32)5-2-6-16(20)29(17)10-12-3-1-4-13(7-12)23(25,26)27/h1-9H,10-11H2,(H2,28,32)(H,30,31). The van der Waals surface area contributed by atoms with Gasteiger partial charge in [-0.1, -0.05) is 18.2 Å². The van der Waals surface area contributed by atoms with Gasteiger partial charge in [-0.25, -0.2) is 9.18 Å². The molecule has 1 aromatic heterocycles. The molecular formula is C23H16F4N2O5. The van der Waals surface area contributed by atoms with Crippen molar-refractivity contribution in [2.24, 2.45) is 5.73 Å². The third kappa shape index (κ3) is 4.37. The van der Waals surface area contributed by atoms with Crippen molar-refractivity contribution in [3.05, 3.63) is 77.1 Å². The zero-order valence-electron chi connectivity index (χ0n) is 17.2. The number of hydrogen-bond donors (Lipinski definition) is 2. The highest BCUT2D eigenvalue weighted by molar-refractivity contribution is 6.19. The Hall–Kier alpha value is -4.12. The Morgan fingerprint density at radius 1 is 1.00 bits per heavy atom. The Morgan fingerprint density at radius 2 is 1.74 bits per heavy atom. The van der Waals surface area contributed by atoms with Gasteiger partial charge in [-0.15, -0.1) is 0 Å². The lowest BCUT2D eigenvalue weighted by Gasteiger charge is -2.12. The zero-order valence-corrected chi connectivity index (χ0v) is 17.2. The van der Waals surface area contributed by atoms with Crippen LogP contribution >= 0.6 is 0 Å². The fourth-order valence-corrected chi connectivity index (χ4v) is 3.80. The van der Waals surface area contributed by atoms with E-state index in [1.807, 2.05) is 0 Å². The van der Waals surface area contributed by atoms with E-state index >= 15 is 0 Å². The number of fused-ring (bicyclic) bond motifs is 3. The van der Waals surface area contributed by atoms with Crippen molar-refractivity contribution in [3.8, 4) is 5.75 Å². The number of carbonyl (C=O) groups is 2. The number of alkyl halides is 3. The van der Waals surface area contributed by atoms with Gasteiger partial charge in [0, 0.05) is 23.6 Å². The Labute approximate surface area is 188 Å². The van der Waals surface area contributed by atoms with Crippen molar-refractivity contribution in [1.82, 2.24) is 4.57 Å². The molecule has 1 amide bonds. The quantitative estimate of drug-likeness (QED) is 0.232. The van der Waals surface area contributed by atoms with E-state index < -0.39 is 36.0 Å². The normalized spacial score (nSPS) is 11.8. The number of benzene rings is 3. The molecule has 11 heteroatoms. The van der Waals surface area contributed by atoms with Gasteiger partial charge in [0.15, 0.2) is 12.4 Å². The molecule has 0 aliphatic heterocycles. The van der Waals surface area contributed by atoms with Gasteiger partial charge in [0.1, 0.15) is 5.82 Å². The molecule has 34 heavy (non-hydrogen) atoms. The molecule has 176 valence electrons. The van der Waals surface area contributed by atoms with Crippen LogP contribution in [0.15, 0.2) is 54.6 Å². The molecule has 3 aromatic carbocycles. The molecule has 1 heterocycles. The fourth-order valence-electron chi connectivity index (χ4n) is 3.80.